The third-order valence-electron chi connectivity index (χ3n) is 5.24. The molecular formula is C20H32O5. The van der Waals surface area contributed by atoms with Crippen LogP contribution in [0.25, 0.3) is 0 Å². The first-order valence-corrected chi connectivity index (χ1v) is 9.32. The molecule has 0 aromatic rings. The number of allylic oxidation sites excluding steroid dienone is 2. The molecule has 5 nitrogen and oxygen atoms in total. The van der Waals surface area contributed by atoms with E-state index in [0.29, 0.717) is 24.2 Å². The van der Waals surface area contributed by atoms with Crippen LogP contribution in [0.15, 0.2) is 11.3 Å². The van der Waals surface area contributed by atoms with Crippen LogP contribution in [0.4, 0.5) is 0 Å². The smallest absolute Gasteiger partial charge is 0.305 e. The van der Waals surface area contributed by atoms with Gasteiger partial charge in [-0.3, -0.25) is 14.4 Å². The van der Waals surface area contributed by atoms with Gasteiger partial charge in [0.25, 0.3) is 0 Å². The molecule has 0 saturated heterocycles. The average Bonchev–Trinajstić information content (AvgIpc) is 2.62. The lowest BCUT2D eigenvalue weighted by Crippen LogP contribution is -2.47. The molecular weight excluding hydrogens is 320 g/mol. The predicted molar refractivity (Wildman–Crippen MR) is 95.8 cm³/mol. The van der Waals surface area contributed by atoms with Gasteiger partial charge < -0.3 is 9.47 Å². The van der Waals surface area contributed by atoms with Gasteiger partial charge in [-0.1, -0.05) is 41.5 Å². The highest BCUT2D eigenvalue weighted by Gasteiger charge is 2.43. The third kappa shape index (κ3) is 4.71. The summed E-state index contributed by atoms with van der Waals surface area (Å²) in [7, 11) is 0. The summed E-state index contributed by atoms with van der Waals surface area (Å²) in [4.78, 5) is 36.7. The highest BCUT2D eigenvalue weighted by molar-refractivity contribution is 5.98. The number of hydrogen-bond acceptors (Lipinski definition) is 5. The van der Waals surface area contributed by atoms with Crippen molar-refractivity contribution in [2.45, 2.75) is 79.9 Å². The molecule has 0 aliphatic carbocycles. The number of ether oxygens (including phenoxy) is 2. The number of ketones is 2. The van der Waals surface area contributed by atoms with E-state index < -0.39 is 18.1 Å². The molecule has 5 heteroatoms. The fourth-order valence-electron chi connectivity index (χ4n) is 3.49. The van der Waals surface area contributed by atoms with Crippen molar-refractivity contribution in [3.05, 3.63) is 11.3 Å². The van der Waals surface area contributed by atoms with E-state index in [1.54, 1.807) is 27.7 Å². The minimum Gasteiger partial charge on any atom is -0.493 e. The minimum atomic E-state index is -0.600. The summed E-state index contributed by atoms with van der Waals surface area (Å²) in [5, 5.41) is 0. The van der Waals surface area contributed by atoms with Gasteiger partial charge in [-0.15, -0.1) is 0 Å². The quantitative estimate of drug-likeness (QED) is 0.621. The first-order valence-electron chi connectivity index (χ1n) is 9.32. The molecule has 3 unspecified atom stereocenters. The lowest BCUT2D eigenvalue weighted by molar-refractivity contribution is -0.161. The summed E-state index contributed by atoms with van der Waals surface area (Å²) in [5.74, 6) is -0.585. The molecule has 0 spiro atoms. The Balaban J connectivity index is 3.15. The Morgan fingerprint density at radius 1 is 1.16 bits per heavy atom. The Kier molecular flexibility index (Phi) is 7.84. The van der Waals surface area contributed by atoms with E-state index in [9.17, 15) is 14.4 Å². The molecule has 0 N–H and O–H groups in total. The van der Waals surface area contributed by atoms with Gasteiger partial charge in [-0.2, -0.15) is 0 Å². The summed E-state index contributed by atoms with van der Waals surface area (Å²) in [6.45, 7) is 12.8. The second-order valence-corrected chi connectivity index (χ2v) is 6.91. The molecule has 1 aliphatic rings. The summed E-state index contributed by atoms with van der Waals surface area (Å²) in [6.07, 6.45) is 0.253. The van der Waals surface area contributed by atoms with Crippen molar-refractivity contribution in [2.75, 3.05) is 0 Å². The van der Waals surface area contributed by atoms with Crippen molar-refractivity contribution in [2.24, 2.45) is 17.8 Å². The molecule has 5 atom stereocenters. The van der Waals surface area contributed by atoms with Crippen molar-refractivity contribution in [1.29, 1.82) is 0 Å². The fraction of sp³-hybridized carbons (Fsp3) is 0.750. The summed E-state index contributed by atoms with van der Waals surface area (Å²) >= 11 is 0. The molecule has 0 aromatic carbocycles. The van der Waals surface area contributed by atoms with Gasteiger partial charge >= 0.3 is 5.97 Å². The van der Waals surface area contributed by atoms with Crippen LogP contribution >= 0.6 is 0 Å². The highest BCUT2D eigenvalue weighted by Crippen LogP contribution is 2.35. The largest absolute Gasteiger partial charge is 0.493 e. The van der Waals surface area contributed by atoms with Crippen LogP contribution in [-0.4, -0.2) is 29.7 Å². The van der Waals surface area contributed by atoms with Crippen molar-refractivity contribution >= 4 is 17.5 Å². The van der Waals surface area contributed by atoms with Gasteiger partial charge in [0.1, 0.15) is 23.8 Å². The van der Waals surface area contributed by atoms with Crippen molar-refractivity contribution in [1.82, 2.24) is 0 Å². The first-order chi connectivity index (χ1) is 11.7. The van der Waals surface area contributed by atoms with Crippen molar-refractivity contribution in [3.63, 3.8) is 0 Å². The zero-order valence-corrected chi connectivity index (χ0v) is 16.5. The molecule has 142 valence electrons. The van der Waals surface area contributed by atoms with E-state index in [-0.39, 0.29) is 35.8 Å². The fourth-order valence-corrected chi connectivity index (χ4v) is 3.49. The number of carbonyl (C=O) groups excluding carboxylic acids is 3. The maximum Gasteiger partial charge on any atom is 0.305 e. The van der Waals surface area contributed by atoms with E-state index in [0.717, 1.165) is 0 Å². The zero-order chi connectivity index (χ0) is 19.3. The summed E-state index contributed by atoms with van der Waals surface area (Å²) in [5.41, 5.74) is 0.665. The number of esters is 1. The Labute approximate surface area is 151 Å². The van der Waals surface area contributed by atoms with E-state index in [2.05, 4.69) is 0 Å². The topological polar surface area (TPSA) is 69.7 Å². The van der Waals surface area contributed by atoms with Gasteiger partial charge in [0.05, 0.1) is 11.8 Å². The Bertz CT molecular complexity index is 548. The van der Waals surface area contributed by atoms with Gasteiger partial charge in [0.2, 0.25) is 0 Å². The Morgan fingerprint density at radius 2 is 1.76 bits per heavy atom. The van der Waals surface area contributed by atoms with Crippen LogP contribution in [0, 0.1) is 17.8 Å². The molecule has 0 aromatic heterocycles. The number of hydrogen-bond donors (Lipinski definition) is 0. The molecule has 0 saturated carbocycles. The number of carbonyl (C=O) groups is 3. The van der Waals surface area contributed by atoms with Crippen LogP contribution < -0.4 is 0 Å². The summed E-state index contributed by atoms with van der Waals surface area (Å²) in [6, 6.07) is 0. The first kappa shape index (κ1) is 21.4. The third-order valence-corrected chi connectivity index (χ3v) is 5.24. The Morgan fingerprint density at radius 3 is 2.24 bits per heavy atom. The lowest BCUT2D eigenvalue weighted by Gasteiger charge is -2.39. The van der Waals surface area contributed by atoms with Crippen molar-refractivity contribution < 1.29 is 23.9 Å². The zero-order valence-electron chi connectivity index (χ0n) is 16.5. The van der Waals surface area contributed by atoms with E-state index in [1.165, 1.54) is 0 Å². The second kappa shape index (κ2) is 9.16. The van der Waals surface area contributed by atoms with E-state index in [4.69, 9.17) is 9.47 Å². The highest BCUT2D eigenvalue weighted by atomic mass is 16.5. The van der Waals surface area contributed by atoms with Crippen molar-refractivity contribution in [3.8, 4) is 0 Å². The predicted octanol–water partition coefficient (Wildman–Crippen LogP) is 3.85. The van der Waals surface area contributed by atoms with Crippen LogP contribution in [-0.2, 0) is 23.9 Å². The molecule has 0 bridgehead atoms. The average molecular weight is 352 g/mol. The molecule has 0 fully saturated rings. The molecule has 1 heterocycles. The normalized spacial score (nSPS) is 24.4. The standard InChI is InChI=1S/C20H32O5/c1-8-15(21)11(4)19(25-17(22)10-3)14(7)20-13(6)18(23)12(5)16(9-2)24-20/h11,13-14,19-20H,8-10H2,1-7H3/t11?,13-,14?,19?,20-/m0/s1. The maximum absolute atomic E-state index is 12.6. The van der Waals surface area contributed by atoms with Gasteiger partial charge in [-0.05, 0) is 6.92 Å². The molecule has 0 radical (unpaired) electrons. The second-order valence-electron chi connectivity index (χ2n) is 6.91. The van der Waals surface area contributed by atoms with Gasteiger partial charge in [0.15, 0.2) is 5.78 Å². The maximum atomic E-state index is 12.6. The van der Waals surface area contributed by atoms with Gasteiger partial charge in [-0.25, -0.2) is 0 Å². The van der Waals surface area contributed by atoms with Gasteiger partial charge in [0, 0.05) is 30.8 Å². The number of rotatable bonds is 8. The Hall–Kier alpha value is -1.65. The van der Waals surface area contributed by atoms with Crippen LogP contribution in [0.3, 0.4) is 0 Å². The monoisotopic (exact) mass is 352 g/mol. The van der Waals surface area contributed by atoms with E-state index in [1.807, 2.05) is 20.8 Å². The SMILES string of the molecule is CCC(=O)OC(C(C)C(=O)CC)C(C)[C@H]1OC(CC)=C(C)C(=O)[C@@H]1C. The molecule has 1 aliphatic heterocycles. The van der Waals surface area contributed by atoms with Crippen LogP contribution in [0.2, 0.25) is 0 Å². The van der Waals surface area contributed by atoms with Crippen LogP contribution in [0.5, 0.6) is 0 Å². The molecule has 0 amide bonds. The molecule has 1 rings (SSSR count). The molecule has 25 heavy (non-hydrogen) atoms. The van der Waals surface area contributed by atoms with Crippen LogP contribution in [0.1, 0.15) is 67.7 Å². The van der Waals surface area contributed by atoms with E-state index >= 15 is 0 Å². The number of Topliss-reactive ketones (excluding diaryl/α,β-unsaturated/α-hetero) is 2. The minimum absolute atomic E-state index is 0.0398. The lowest BCUT2D eigenvalue weighted by atomic mass is 9.78. The summed E-state index contributed by atoms with van der Waals surface area (Å²) < 4.78 is 11.7.